The molecule has 1 saturated heterocycles. The van der Waals surface area contributed by atoms with Crippen molar-refractivity contribution in [3.8, 4) is 11.1 Å². The van der Waals surface area contributed by atoms with E-state index in [1.165, 1.54) is 0 Å². The number of rotatable bonds is 3. The Hall–Kier alpha value is -2.66. The fourth-order valence-corrected chi connectivity index (χ4v) is 3.59. The van der Waals surface area contributed by atoms with E-state index in [9.17, 15) is 14.7 Å². The molecule has 5 nitrogen and oxygen atoms in total. The molecule has 1 aliphatic rings. The lowest BCUT2D eigenvalue weighted by molar-refractivity contribution is -0.118. The Bertz CT molecular complexity index is 843. The van der Waals surface area contributed by atoms with Crippen LogP contribution in [0.15, 0.2) is 48.5 Å². The number of carbonyl (C=O) groups is 2. The Kier molecular flexibility index (Phi) is 4.83. The molecule has 1 aliphatic heterocycles. The molecule has 0 aromatic heterocycles. The lowest BCUT2D eigenvalue weighted by atomic mass is 9.94. The summed E-state index contributed by atoms with van der Waals surface area (Å²) in [5, 5.41) is 9.50. The fourth-order valence-electron chi connectivity index (χ4n) is 3.59. The third-order valence-corrected chi connectivity index (χ3v) is 4.46. The molecule has 2 aromatic rings. The summed E-state index contributed by atoms with van der Waals surface area (Å²) >= 11 is 0. The van der Waals surface area contributed by atoms with Gasteiger partial charge in [-0.3, -0.25) is 4.79 Å². The third kappa shape index (κ3) is 3.63. The Morgan fingerprint density at radius 1 is 1.04 bits per heavy atom. The number of nitrogens with zero attached hydrogens (tertiary/aromatic N) is 1. The highest BCUT2D eigenvalue weighted by Gasteiger charge is 2.34. The fraction of sp³-hybridized carbons (Fsp3) is 0.333. The van der Waals surface area contributed by atoms with Gasteiger partial charge >= 0.3 is 5.97 Å². The van der Waals surface area contributed by atoms with Crippen molar-refractivity contribution in [1.29, 1.82) is 0 Å². The highest BCUT2D eigenvalue weighted by atomic mass is 16.5. The van der Waals surface area contributed by atoms with Crippen LogP contribution in [-0.2, 0) is 4.74 Å². The van der Waals surface area contributed by atoms with E-state index in [0.717, 1.165) is 0 Å². The van der Waals surface area contributed by atoms with Gasteiger partial charge in [-0.1, -0.05) is 36.4 Å². The Morgan fingerprint density at radius 2 is 1.58 bits per heavy atom. The van der Waals surface area contributed by atoms with Gasteiger partial charge < -0.3 is 14.7 Å². The number of benzene rings is 2. The summed E-state index contributed by atoms with van der Waals surface area (Å²) in [5.74, 6) is -1.12. The van der Waals surface area contributed by atoms with Crippen molar-refractivity contribution in [3.63, 3.8) is 0 Å². The van der Waals surface area contributed by atoms with E-state index in [0.29, 0.717) is 29.8 Å². The number of amides is 1. The quantitative estimate of drug-likeness (QED) is 0.914. The van der Waals surface area contributed by atoms with Crippen molar-refractivity contribution >= 4 is 11.9 Å². The van der Waals surface area contributed by atoms with E-state index in [2.05, 4.69) is 0 Å². The van der Waals surface area contributed by atoms with E-state index < -0.39 is 11.6 Å². The molecular weight excluding hydrogens is 330 g/mol. The first-order valence-corrected chi connectivity index (χ1v) is 8.67. The van der Waals surface area contributed by atoms with Crippen molar-refractivity contribution in [1.82, 2.24) is 4.90 Å². The smallest absolute Gasteiger partial charge is 0.336 e. The predicted molar refractivity (Wildman–Crippen MR) is 99.4 cm³/mol. The highest BCUT2D eigenvalue weighted by molar-refractivity contribution is 6.04. The van der Waals surface area contributed by atoms with Gasteiger partial charge in [0.1, 0.15) is 0 Å². The van der Waals surface area contributed by atoms with E-state index in [-0.39, 0.29) is 17.6 Å². The zero-order valence-corrected chi connectivity index (χ0v) is 15.2. The maximum Gasteiger partial charge on any atom is 0.336 e. The molecule has 0 bridgehead atoms. The monoisotopic (exact) mass is 353 g/mol. The largest absolute Gasteiger partial charge is 0.478 e. The lowest BCUT2D eigenvalue weighted by Gasteiger charge is -2.42. The van der Waals surface area contributed by atoms with Gasteiger partial charge in [-0.25, -0.2) is 4.79 Å². The summed E-state index contributed by atoms with van der Waals surface area (Å²) in [6.45, 7) is 6.89. The van der Waals surface area contributed by atoms with E-state index in [1.54, 1.807) is 47.4 Å². The van der Waals surface area contributed by atoms with Crippen LogP contribution in [0.2, 0.25) is 0 Å². The zero-order valence-electron chi connectivity index (χ0n) is 15.2. The van der Waals surface area contributed by atoms with Crippen LogP contribution in [0.1, 0.15) is 41.5 Å². The molecule has 5 heteroatoms. The minimum Gasteiger partial charge on any atom is -0.478 e. The summed E-state index contributed by atoms with van der Waals surface area (Å²) in [5.41, 5.74) is 1.45. The molecule has 0 spiro atoms. The second-order valence-corrected chi connectivity index (χ2v) is 7.27. The number of hydrogen-bond acceptors (Lipinski definition) is 3. The first kappa shape index (κ1) is 18.1. The molecular formula is C21H23NO4. The molecule has 1 amide bonds. The summed E-state index contributed by atoms with van der Waals surface area (Å²) < 4.78 is 5.88. The second-order valence-electron chi connectivity index (χ2n) is 7.27. The molecule has 1 heterocycles. The van der Waals surface area contributed by atoms with Gasteiger partial charge in [-0.2, -0.15) is 0 Å². The average Bonchev–Trinajstić information content (AvgIpc) is 2.59. The number of hydrogen-bond donors (Lipinski definition) is 1. The van der Waals surface area contributed by atoms with Gasteiger partial charge in [0.05, 0.1) is 17.3 Å². The normalized spacial score (nSPS) is 19.2. The van der Waals surface area contributed by atoms with E-state index >= 15 is 0 Å². The minimum atomic E-state index is -1.01. The number of carboxylic acids is 1. The van der Waals surface area contributed by atoms with Crippen molar-refractivity contribution in [3.05, 3.63) is 59.7 Å². The average molecular weight is 353 g/mol. The minimum absolute atomic E-state index is 0.0545. The molecule has 1 unspecified atom stereocenters. The van der Waals surface area contributed by atoms with Crippen molar-refractivity contribution in [2.75, 3.05) is 13.1 Å². The number of carbonyl (C=O) groups excluding carboxylic acids is 1. The molecule has 136 valence electrons. The highest BCUT2D eigenvalue weighted by Crippen LogP contribution is 2.30. The third-order valence-electron chi connectivity index (χ3n) is 4.46. The number of morpholine rings is 1. The van der Waals surface area contributed by atoms with Crippen LogP contribution >= 0.6 is 0 Å². The summed E-state index contributed by atoms with van der Waals surface area (Å²) in [7, 11) is 0. The first-order valence-electron chi connectivity index (χ1n) is 8.67. The van der Waals surface area contributed by atoms with Crippen LogP contribution in [-0.4, -0.2) is 46.7 Å². The molecule has 0 aliphatic carbocycles. The molecule has 1 atom stereocenters. The van der Waals surface area contributed by atoms with Crippen LogP contribution in [0.4, 0.5) is 0 Å². The van der Waals surface area contributed by atoms with Crippen LogP contribution in [0, 0.1) is 0 Å². The van der Waals surface area contributed by atoms with Crippen LogP contribution in [0.25, 0.3) is 11.1 Å². The molecule has 1 fully saturated rings. The van der Waals surface area contributed by atoms with Gasteiger partial charge in [-0.15, -0.1) is 0 Å². The Balaban J connectivity index is 2.03. The molecule has 1 N–H and O–H groups in total. The second kappa shape index (κ2) is 6.92. The summed E-state index contributed by atoms with van der Waals surface area (Å²) in [4.78, 5) is 26.6. The maximum absolute atomic E-state index is 13.2. The van der Waals surface area contributed by atoms with Gasteiger partial charge in [0.2, 0.25) is 0 Å². The standard InChI is InChI=1S/C21H23NO4/c1-14-12-22(13-21(2,3)26-14)19(23)17-10-6-4-8-15(17)16-9-5-7-11-18(16)20(24)25/h4-11,14H,12-13H2,1-3H3,(H,24,25). The molecule has 2 aromatic carbocycles. The Morgan fingerprint density at radius 3 is 2.15 bits per heavy atom. The maximum atomic E-state index is 13.2. The van der Waals surface area contributed by atoms with Crippen molar-refractivity contribution < 1.29 is 19.4 Å². The van der Waals surface area contributed by atoms with E-state index in [1.807, 2.05) is 26.8 Å². The zero-order chi connectivity index (χ0) is 18.9. The number of carboxylic acid groups (broad SMARTS) is 1. The number of ether oxygens (including phenoxy) is 1. The topological polar surface area (TPSA) is 66.8 Å². The van der Waals surface area contributed by atoms with Gasteiger partial charge in [0, 0.05) is 18.7 Å². The first-order chi connectivity index (χ1) is 12.3. The number of aromatic carboxylic acids is 1. The summed E-state index contributed by atoms with van der Waals surface area (Å²) in [6, 6.07) is 13.9. The van der Waals surface area contributed by atoms with Gasteiger partial charge in [0.25, 0.3) is 5.91 Å². The molecule has 26 heavy (non-hydrogen) atoms. The van der Waals surface area contributed by atoms with Crippen molar-refractivity contribution in [2.24, 2.45) is 0 Å². The predicted octanol–water partition coefficient (Wildman–Crippen LogP) is 3.69. The van der Waals surface area contributed by atoms with Crippen LogP contribution in [0.5, 0.6) is 0 Å². The van der Waals surface area contributed by atoms with Crippen LogP contribution in [0.3, 0.4) is 0 Å². The molecule has 0 radical (unpaired) electrons. The van der Waals surface area contributed by atoms with Gasteiger partial charge in [0.15, 0.2) is 0 Å². The Labute approximate surface area is 153 Å². The van der Waals surface area contributed by atoms with E-state index in [4.69, 9.17) is 4.74 Å². The molecule has 0 saturated carbocycles. The van der Waals surface area contributed by atoms with Crippen molar-refractivity contribution in [2.45, 2.75) is 32.5 Å². The van der Waals surface area contributed by atoms with Crippen LogP contribution < -0.4 is 0 Å². The SMILES string of the molecule is CC1CN(C(=O)c2ccccc2-c2ccccc2C(=O)O)CC(C)(C)O1. The summed E-state index contributed by atoms with van der Waals surface area (Å²) in [6.07, 6.45) is -0.0545. The lowest BCUT2D eigenvalue weighted by Crippen LogP contribution is -2.53. The van der Waals surface area contributed by atoms with Gasteiger partial charge in [-0.05, 0) is 44.0 Å². The molecule has 3 rings (SSSR count).